The van der Waals surface area contributed by atoms with Gasteiger partial charge >= 0.3 is 5.97 Å². The number of pyridine rings is 1. The van der Waals surface area contributed by atoms with E-state index in [0.29, 0.717) is 10.2 Å². The minimum absolute atomic E-state index is 0.265. The van der Waals surface area contributed by atoms with Crippen molar-refractivity contribution in [1.82, 2.24) is 20.2 Å². The highest BCUT2D eigenvalue weighted by Gasteiger charge is 2.15. The van der Waals surface area contributed by atoms with Gasteiger partial charge < -0.3 is 10.5 Å². The highest BCUT2D eigenvalue weighted by molar-refractivity contribution is 7.99. The number of nitrogens with one attached hydrogen (secondary N) is 1. The van der Waals surface area contributed by atoms with Crippen molar-refractivity contribution >= 4 is 23.4 Å². The number of rotatable bonds is 3. The molecule has 2 aromatic heterocycles. The van der Waals surface area contributed by atoms with Crippen molar-refractivity contribution in [3.05, 3.63) is 24.2 Å². The van der Waals surface area contributed by atoms with E-state index in [1.54, 1.807) is 0 Å². The van der Waals surface area contributed by atoms with Crippen LogP contribution in [0.4, 0.5) is 5.69 Å². The third-order valence-corrected chi connectivity index (χ3v) is 2.85. The van der Waals surface area contributed by atoms with Gasteiger partial charge in [0.1, 0.15) is 11.4 Å². The standard InChI is InChI=1S/C9H9N5O2S/c1-16-8(15)5-2-3-11-7(6(5)10)17-9-12-4-13-14-9/h2-4H,10H2,1H3,(H,12,13,14). The molecule has 0 aliphatic carbocycles. The molecule has 0 unspecified atom stereocenters. The normalized spacial score (nSPS) is 10.2. The summed E-state index contributed by atoms with van der Waals surface area (Å²) in [4.78, 5) is 19.4. The Morgan fingerprint density at radius 1 is 1.53 bits per heavy atom. The SMILES string of the molecule is COC(=O)c1ccnc(Sc2ncn[nH]2)c1N. The number of carbonyl (C=O) groups is 1. The smallest absolute Gasteiger partial charge is 0.340 e. The minimum Gasteiger partial charge on any atom is -0.465 e. The molecule has 8 heteroatoms. The van der Waals surface area contributed by atoms with Crippen molar-refractivity contribution in [2.45, 2.75) is 10.2 Å². The van der Waals surface area contributed by atoms with Gasteiger partial charge in [-0.15, -0.1) is 0 Å². The van der Waals surface area contributed by atoms with Crippen LogP contribution in [-0.4, -0.2) is 33.2 Å². The lowest BCUT2D eigenvalue weighted by Gasteiger charge is -2.06. The van der Waals surface area contributed by atoms with Crippen LogP contribution >= 0.6 is 11.8 Å². The van der Waals surface area contributed by atoms with Crippen LogP contribution in [0.1, 0.15) is 10.4 Å². The summed E-state index contributed by atoms with van der Waals surface area (Å²) < 4.78 is 4.62. The zero-order chi connectivity index (χ0) is 12.3. The van der Waals surface area contributed by atoms with Crippen LogP contribution in [0.15, 0.2) is 28.8 Å². The summed E-state index contributed by atoms with van der Waals surface area (Å²) in [7, 11) is 1.30. The molecule has 0 fully saturated rings. The zero-order valence-electron chi connectivity index (χ0n) is 8.88. The maximum absolute atomic E-state index is 11.4. The van der Waals surface area contributed by atoms with Gasteiger partial charge in [-0.3, -0.25) is 5.10 Å². The number of anilines is 1. The first kappa shape index (κ1) is 11.4. The number of nitrogens with zero attached hydrogens (tertiary/aromatic N) is 3. The quantitative estimate of drug-likeness (QED) is 0.774. The Morgan fingerprint density at radius 3 is 3.00 bits per heavy atom. The number of hydrogen-bond acceptors (Lipinski definition) is 7. The monoisotopic (exact) mass is 251 g/mol. The van der Waals surface area contributed by atoms with Crippen LogP contribution < -0.4 is 5.73 Å². The number of aromatic nitrogens is 4. The second-order valence-corrected chi connectivity index (χ2v) is 3.94. The van der Waals surface area contributed by atoms with E-state index in [2.05, 4.69) is 24.9 Å². The van der Waals surface area contributed by atoms with Gasteiger partial charge in [0.15, 0.2) is 5.16 Å². The Kier molecular flexibility index (Phi) is 3.24. The molecule has 0 aliphatic heterocycles. The van der Waals surface area contributed by atoms with Gasteiger partial charge in [-0.05, 0) is 17.8 Å². The third kappa shape index (κ3) is 2.36. The number of esters is 1. The molecule has 0 spiro atoms. The second-order valence-electron chi connectivity index (χ2n) is 2.96. The molecular weight excluding hydrogens is 242 g/mol. The van der Waals surface area contributed by atoms with Gasteiger partial charge in [0, 0.05) is 6.20 Å². The van der Waals surface area contributed by atoms with Crippen molar-refractivity contribution in [2.75, 3.05) is 12.8 Å². The summed E-state index contributed by atoms with van der Waals surface area (Å²) in [6, 6.07) is 1.51. The molecule has 0 amide bonds. The maximum Gasteiger partial charge on any atom is 0.340 e. The second kappa shape index (κ2) is 4.83. The largest absolute Gasteiger partial charge is 0.465 e. The first-order valence-electron chi connectivity index (χ1n) is 4.58. The summed E-state index contributed by atoms with van der Waals surface area (Å²) in [5, 5.41) is 7.39. The topological polar surface area (TPSA) is 107 Å². The summed E-state index contributed by atoms with van der Waals surface area (Å²) in [6.45, 7) is 0. The molecule has 0 bridgehead atoms. The molecular formula is C9H9N5O2S. The van der Waals surface area contributed by atoms with Crippen molar-refractivity contribution in [3.63, 3.8) is 0 Å². The first-order chi connectivity index (χ1) is 8.22. The Balaban J connectivity index is 2.32. The Hall–Kier alpha value is -2.09. The zero-order valence-corrected chi connectivity index (χ0v) is 9.69. The summed E-state index contributed by atoms with van der Waals surface area (Å²) >= 11 is 1.19. The number of aromatic amines is 1. The number of hydrogen-bond donors (Lipinski definition) is 2. The van der Waals surface area contributed by atoms with Crippen molar-refractivity contribution < 1.29 is 9.53 Å². The lowest BCUT2D eigenvalue weighted by Crippen LogP contribution is -2.07. The van der Waals surface area contributed by atoms with E-state index in [9.17, 15) is 4.79 Å². The van der Waals surface area contributed by atoms with Crippen LogP contribution in [-0.2, 0) is 4.74 Å². The molecule has 3 N–H and O–H groups in total. The Morgan fingerprint density at radius 2 is 2.35 bits per heavy atom. The van der Waals surface area contributed by atoms with Gasteiger partial charge in [0.05, 0.1) is 18.4 Å². The number of carbonyl (C=O) groups excluding carboxylic acids is 1. The molecule has 0 atom stereocenters. The van der Waals surface area contributed by atoms with Crippen molar-refractivity contribution in [3.8, 4) is 0 Å². The van der Waals surface area contributed by atoms with E-state index < -0.39 is 5.97 Å². The van der Waals surface area contributed by atoms with Crippen molar-refractivity contribution in [1.29, 1.82) is 0 Å². The summed E-state index contributed by atoms with van der Waals surface area (Å²) in [5.41, 5.74) is 6.38. The fourth-order valence-corrected chi connectivity index (χ4v) is 1.87. The third-order valence-electron chi connectivity index (χ3n) is 1.95. The minimum atomic E-state index is -0.496. The lowest BCUT2D eigenvalue weighted by atomic mass is 10.2. The molecule has 0 aromatic carbocycles. The van der Waals surface area contributed by atoms with E-state index in [0.717, 1.165) is 0 Å². The molecule has 17 heavy (non-hydrogen) atoms. The van der Waals surface area contributed by atoms with Gasteiger partial charge in [0.2, 0.25) is 0 Å². The molecule has 0 aliphatic rings. The summed E-state index contributed by atoms with van der Waals surface area (Å²) in [5.74, 6) is -0.496. The van der Waals surface area contributed by atoms with Crippen LogP contribution in [0.25, 0.3) is 0 Å². The maximum atomic E-state index is 11.4. The number of nitrogen functional groups attached to an aromatic ring is 1. The van der Waals surface area contributed by atoms with Gasteiger partial charge in [-0.25, -0.2) is 14.8 Å². The predicted octanol–water partition coefficient (Wildman–Crippen LogP) is 0.720. The Bertz CT molecular complexity index is 528. The van der Waals surface area contributed by atoms with E-state index >= 15 is 0 Å². The van der Waals surface area contributed by atoms with Gasteiger partial charge in [0.25, 0.3) is 0 Å². The van der Waals surface area contributed by atoms with Crippen LogP contribution in [0.2, 0.25) is 0 Å². The fourth-order valence-electron chi connectivity index (χ4n) is 1.16. The molecule has 0 saturated carbocycles. The molecule has 2 heterocycles. The Labute approximate surface area is 101 Å². The van der Waals surface area contributed by atoms with E-state index in [4.69, 9.17) is 5.73 Å². The fraction of sp³-hybridized carbons (Fsp3) is 0.111. The molecule has 0 radical (unpaired) electrons. The van der Waals surface area contributed by atoms with Gasteiger partial charge in [-0.2, -0.15) is 5.10 Å². The van der Waals surface area contributed by atoms with Crippen LogP contribution in [0, 0.1) is 0 Å². The first-order valence-corrected chi connectivity index (χ1v) is 5.40. The van der Waals surface area contributed by atoms with E-state index in [1.807, 2.05) is 0 Å². The average Bonchev–Trinajstić information content (AvgIpc) is 2.84. The average molecular weight is 251 g/mol. The molecule has 88 valence electrons. The number of ether oxygens (including phenoxy) is 1. The number of H-pyrrole nitrogens is 1. The predicted molar refractivity (Wildman–Crippen MR) is 60.5 cm³/mol. The summed E-state index contributed by atoms with van der Waals surface area (Å²) in [6.07, 6.45) is 2.87. The lowest BCUT2D eigenvalue weighted by molar-refractivity contribution is 0.0601. The molecule has 7 nitrogen and oxygen atoms in total. The number of methoxy groups -OCH3 is 1. The highest BCUT2D eigenvalue weighted by atomic mass is 32.2. The van der Waals surface area contributed by atoms with Crippen LogP contribution in [0.5, 0.6) is 0 Å². The van der Waals surface area contributed by atoms with Gasteiger partial charge in [-0.1, -0.05) is 0 Å². The van der Waals surface area contributed by atoms with E-state index in [-0.39, 0.29) is 11.3 Å². The van der Waals surface area contributed by atoms with E-state index in [1.165, 1.54) is 37.5 Å². The molecule has 0 saturated heterocycles. The highest BCUT2D eigenvalue weighted by Crippen LogP contribution is 2.29. The molecule has 2 aromatic rings. The number of nitrogens with two attached hydrogens (primary N) is 1. The molecule has 2 rings (SSSR count). The van der Waals surface area contributed by atoms with Crippen molar-refractivity contribution in [2.24, 2.45) is 0 Å². The van der Waals surface area contributed by atoms with Crippen LogP contribution in [0.3, 0.4) is 0 Å².